The molecule has 0 saturated heterocycles. The first-order valence-corrected chi connectivity index (χ1v) is 20.0. The Balaban J connectivity index is 1.13. The third-order valence-corrected chi connectivity index (χ3v) is 12.5. The number of pyridine rings is 1. The molecular weight excluding hydrogens is 721 g/mol. The van der Waals surface area contributed by atoms with Gasteiger partial charge in [-0.2, -0.15) is 0 Å². The van der Waals surface area contributed by atoms with Crippen molar-refractivity contribution < 1.29 is 0 Å². The number of hydrogen-bond donors (Lipinski definition) is 0. The molecule has 6 heteroatoms. The van der Waals surface area contributed by atoms with Gasteiger partial charge in [-0.1, -0.05) is 115 Å². The molecule has 272 valence electrons. The Morgan fingerprint density at radius 1 is 0.339 bits per heavy atom. The second-order valence-corrected chi connectivity index (χ2v) is 15.6. The number of para-hydroxylation sites is 6. The van der Waals surface area contributed by atoms with Crippen LogP contribution < -0.4 is 0 Å². The number of nitrogens with zero attached hydrogens (tertiary/aromatic N) is 6. The minimum absolute atomic E-state index is 0.817. The third-order valence-electron chi connectivity index (χ3n) is 12.5. The molecule has 0 N–H and O–H groups in total. The molecule has 0 saturated carbocycles. The molecule has 14 aromatic rings. The SMILES string of the molecule is c1ccc2c(c1)ccc1c2c2cc(-c3cc4c5ccccc5n(-c5nc6ccccc6c6nc7ccccc7n56)c4c4ccccc34)ccc2n2c3ccccc3nc12. The average molecular weight is 751 g/mol. The molecule has 59 heavy (non-hydrogen) atoms. The maximum absolute atomic E-state index is 5.46. The van der Waals surface area contributed by atoms with E-state index in [1.807, 2.05) is 0 Å². The van der Waals surface area contributed by atoms with Gasteiger partial charge in [-0.3, -0.25) is 13.4 Å². The molecule has 0 aliphatic heterocycles. The molecular formula is C53H30N6. The van der Waals surface area contributed by atoms with Crippen molar-refractivity contribution in [3.8, 4) is 17.1 Å². The van der Waals surface area contributed by atoms with Crippen molar-refractivity contribution >= 4 is 109 Å². The lowest BCUT2D eigenvalue weighted by Gasteiger charge is -2.16. The van der Waals surface area contributed by atoms with Crippen molar-refractivity contribution in [1.29, 1.82) is 0 Å². The van der Waals surface area contributed by atoms with Crippen LogP contribution in [0, 0.1) is 0 Å². The molecule has 0 spiro atoms. The number of fused-ring (bicyclic) bond motifs is 20. The van der Waals surface area contributed by atoms with Gasteiger partial charge in [0.25, 0.3) is 0 Å². The van der Waals surface area contributed by atoms with E-state index in [-0.39, 0.29) is 0 Å². The summed E-state index contributed by atoms with van der Waals surface area (Å²) in [4.78, 5) is 15.9. The normalized spacial score (nSPS) is 12.4. The van der Waals surface area contributed by atoms with Crippen LogP contribution >= 0.6 is 0 Å². The van der Waals surface area contributed by atoms with Gasteiger partial charge in [0.05, 0.1) is 44.1 Å². The van der Waals surface area contributed by atoms with Crippen LogP contribution in [-0.4, -0.2) is 28.3 Å². The fourth-order valence-electron chi connectivity index (χ4n) is 10.0. The zero-order valence-corrected chi connectivity index (χ0v) is 31.5. The van der Waals surface area contributed by atoms with Crippen molar-refractivity contribution in [3.05, 3.63) is 182 Å². The molecule has 9 aromatic carbocycles. The minimum Gasteiger partial charge on any atom is -0.292 e. The molecule has 0 aliphatic rings. The summed E-state index contributed by atoms with van der Waals surface area (Å²) in [5.74, 6) is 0.817. The summed E-state index contributed by atoms with van der Waals surface area (Å²) < 4.78 is 6.95. The van der Waals surface area contributed by atoms with Crippen LogP contribution in [0.4, 0.5) is 0 Å². The summed E-state index contributed by atoms with van der Waals surface area (Å²) in [5, 5.41) is 11.7. The molecule has 14 rings (SSSR count). The van der Waals surface area contributed by atoms with Gasteiger partial charge in [0.1, 0.15) is 11.3 Å². The fourth-order valence-corrected chi connectivity index (χ4v) is 10.0. The van der Waals surface area contributed by atoms with Crippen molar-refractivity contribution in [2.24, 2.45) is 0 Å². The van der Waals surface area contributed by atoms with Crippen molar-refractivity contribution in [3.63, 3.8) is 0 Å². The van der Waals surface area contributed by atoms with Gasteiger partial charge in [-0.25, -0.2) is 15.0 Å². The van der Waals surface area contributed by atoms with E-state index < -0.39 is 0 Å². The Morgan fingerprint density at radius 2 is 0.949 bits per heavy atom. The van der Waals surface area contributed by atoms with Gasteiger partial charge in [0.15, 0.2) is 0 Å². The van der Waals surface area contributed by atoms with Crippen molar-refractivity contribution in [2.75, 3.05) is 0 Å². The first-order chi connectivity index (χ1) is 29.3. The molecule has 0 aliphatic carbocycles. The highest BCUT2D eigenvalue weighted by Crippen LogP contribution is 2.44. The molecule has 0 amide bonds. The summed E-state index contributed by atoms with van der Waals surface area (Å²) in [6.45, 7) is 0. The van der Waals surface area contributed by atoms with E-state index >= 15 is 0 Å². The summed E-state index contributed by atoms with van der Waals surface area (Å²) >= 11 is 0. The lowest BCUT2D eigenvalue weighted by atomic mass is 9.92. The van der Waals surface area contributed by atoms with Gasteiger partial charge in [-0.05, 0) is 94.0 Å². The fraction of sp³-hybridized carbons (Fsp3) is 0. The lowest BCUT2D eigenvalue weighted by Crippen LogP contribution is -2.06. The lowest BCUT2D eigenvalue weighted by molar-refractivity contribution is 0.982. The van der Waals surface area contributed by atoms with Crippen molar-refractivity contribution in [1.82, 2.24) is 28.3 Å². The van der Waals surface area contributed by atoms with E-state index in [0.717, 1.165) is 83.1 Å². The molecule has 0 bridgehead atoms. The topological polar surface area (TPSA) is 52.4 Å². The van der Waals surface area contributed by atoms with E-state index in [2.05, 4.69) is 195 Å². The van der Waals surface area contributed by atoms with E-state index in [1.54, 1.807) is 0 Å². The van der Waals surface area contributed by atoms with Gasteiger partial charge < -0.3 is 0 Å². The average Bonchev–Trinajstić information content (AvgIpc) is 3.99. The first kappa shape index (κ1) is 31.0. The summed E-state index contributed by atoms with van der Waals surface area (Å²) in [7, 11) is 0. The number of benzene rings is 9. The first-order valence-electron chi connectivity index (χ1n) is 20.0. The summed E-state index contributed by atoms with van der Waals surface area (Å²) in [5.41, 5.74) is 12.6. The van der Waals surface area contributed by atoms with Crippen LogP contribution in [0.1, 0.15) is 0 Å². The summed E-state index contributed by atoms with van der Waals surface area (Å²) in [6.07, 6.45) is 0. The zero-order chi connectivity index (χ0) is 38.3. The van der Waals surface area contributed by atoms with Crippen LogP contribution in [0.2, 0.25) is 0 Å². The van der Waals surface area contributed by atoms with Crippen LogP contribution in [0.15, 0.2) is 182 Å². The number of aromatic nitrogens is 6. The van der Waals surface area contributed by atoms with Crippen LogP contribution in [0.3, 0.4) is 0 Å². The zero-order valence-electron chi connectivity index (χ0n) is 31.5. The highest BCUT2D eigenvalue weighted by molar-refractivity contribution is 6.26. The molecule has 6 nitrogen and oxygen atoms in total. The predicted octanol–water partition coefficient (Wildman–Crippen LogP) is 13.2. The predicted molar refractivity (Wildman–Crippen MR) is 244 cm³/mol. The van der Waals surface area contributed by atoms with E-state index in [4.69, 9.17) is 15.0 Å². The van der Waals surface area contributed by atoms with Crippen molar-refractivity contribution in [2.45, 2.75) is 0 Å². The number of hydrogen-bond acceptors (Lipinski definition) is 3. The smallest absolute Gasteiger partial charge is 0.221 e. The third kappa shape index (κ3) is 4.06. The van der Waals surface area contributed by atoms with Crippen LogP contribution in [-0.2, 0) is 0 Å². The Bertz CT molecular complexity index is 4150. The maximum atomic E-state index is 5.46. The van der Waals surface area contributed by atoms with Gasteiger partial charge in [0.2, 0.25) is 5.95 Å². The van der Waals surface area contributed by atoms with Crippen LogP contribution in [0.25, 0.3) is 126 Å². The molecule has 5 heterocycles. The van der Waals surface area contributed by atoms with Gasteiger partial charge in [0, 0.05) is 37.7 Å². The van der Waals surface area contributed by atoms with E-state index in [0.29, 0.717) is 0 Å². The molecule has 5 aromatic heterocycles. The second kappa shape index (κ2) is 11.3. The van der Waals surface area contributed by atoms with E-state index in [9.17, 15) is 0 Å². The monoisotopic (exact) mass is 750 g/mol. The number of rotatable bonds is 2. The highest BCUT2D eigenvalue weighted by atomic mass is 15.2. The number of imidazole rings is 2. The largest absolute Gasteiger partial charge is 0.292 e. The molecule has 0 fully saturated rings. The standard InChI is InChI=1S/C53H30N6/c1-2-14-33-31(13-1)25-27-38-49(33)41-29-32(26-28-46(41)57-47-23-11-8-20-43(47)55-52(38)57)39-30-40-35-16-6-10-22-45(35)58(50(40)36-17-4-3-15-34(36)39)53-56-42-19-7-5-18-37(42)51-54-44-21-9-12-24-48(44)59(51)53/h1-30H. The molecule has 0 atom stereocenters. The summed E-state index contributed by atoms with van der Waals surface area (Å²) in [6, 6.07) is 65.4. The Morgan fingerprint density at radius 3 is 1.75 bits per heavy atom. The van der Waals surface area contributed by atoms with E-state index in [1.165, 1.54) is 43.3 Å². The molecule has 0 radical (unpaired) electrons. The Labute approximate surface area is 335 Å². The van der Waals surface area contributed by atoms with Crippen LogP contribution in [0.5, 0.6) is 0 Å². The van der Waals surface area contributed by atoms with Gasteiger partial charge in [-0.15, -0.1) is 0 Å². The Hall–Kier alpha value is -8.09. The molecule has 0 unspecified atom stereocenters. The highest BCUT2D eigenvalue weighted by Gasteiger charge is 2.23. The second-order valence-electron chi connectivity index (χ2n) is 15.6. The Kier molecular flexibility index (Phi) is 5.93. The van der Waals surface area contributed by atoms with Gasteiger partial charge >= 0.3 is 0 Å². The quantitative estimate of drug-likeness (QED) is 0.165. The maximum Gasteiger partial charge on any atom is 0.221 e. The minimum atomic E-state index is 0.817.